The first-order valence-corrected chi connectivity index (χ1v) is 13.1. The molecule has 5 N–H and O–H groups in total. The summed E-state index contributed by atoms with van der Waals surface area (Å²) in [6.45, 7) is 15.2. The van der Waals surface area contributed by atoms with Crippen LogP contribution in [-0.4, -0.2) is 66.0 Å². The minimum Gasteiger partial charge on any atom is -0.379 e. The number of carbonyl (C=O) groups is 1. The maximum absolute atomic E-state index is 11.9. The van der Waals surface area contributed by atoms with Crippen molar-refractivity contribution in [1.82, 2.24) is 21.3 Å². The number of carbonyl (C=O) groups excluding carboxylic acids is 1. The summed E-state index contributed by atoms with van der Waals surface area (Å²) in [6, 6.07) is 0.570. The molecule has 0 radical (unpaired) electrons. The van der Waals surface area contributed by atoms with E-state index in [4.69, 9.17) is 0 Å². The highest BCUT2D eigenvalue weighted by molar-refractivity contribution is 8.76. The highest BCUT2D eigenvalue weighted by Crippen LogP contribution is 2.19. The number of nitrogens with one attached hydrogen (secondary N) is 4. The van der Waals surface area contributed by atoms with Crippen LogP contribution in [0.3, 0.4) is 0 Å². The van der Waals surface area contributed by atoms with E-state index in [1.807, 2.05) is 24.6 Å². The third kappa shape index (κ3) is 18.1. The van der Waals surface area contributed by atoms with Crippen LogP contribution in [0.1, 0.15) is 67.2 Å². The van der Waals surface area contributed by atoms with Crippen molar-refractivity contribution in [3.8, 4) is 0 Å². The molecule has 0 spiro atoms. The lowest BCUT2D eigenvalue weighted by molar-refractivity contribution is -0.121. The molecule has 0 aromatic carbocycles. The Morgan fingerprint density at radius 2 is 1.71 bits per heavy atom. The van der Waals surface area contributed by atoms with E-state index in [0.29, 0.717) is 18.9 Å². The lowest BCUT2D eigenvalue weighted by atomic mass is 9.98. The molecule has 0 aliphatic rings. The summed E-state index contributed by atoms with van der Waals surface area (Å²) in [4.78, 5) is 11.9. The first-order valence-electron chi connectivity index (χ1n) is 10.6. The van der Waals surface area contributed by atoms with Gasteiger partial charge in [-0.2, -0.15) is 0 Å². The predicted molar refractivity (Wildman–Crippen MR) is 126 cm³/mol. The van der Waals surface area contributed by atoms with Crippen LogP contribution in [0.5, 0.6) is 0 Å². The summed E-state index contributed by atoms with van der Waals surface area (Å²) in [5.41, 5.74) is 0.0168. The van der Waals surface area contributed by atoms with Crippen molar-refractivity contribution in [3.05, 3.63) is 0 Å². The summed E-state index contributed by atoms with van der Waals surface area (Å²) in [7, 11) is 3.61. The number of rotatable bonds is 18. The smallest absolute Gasteiger partial charge is 0.220 e. The lowest BCUT2D eigenvalue weighted by Crippen LogP contribution is -2.41. The third-order valence-electron chi connectivity index (χ3n) is 4.20. The Balaban J connectivity index is 3.55. The quantitative estimate of drug-likeness (QED) is 0.128. The molecule has 8 heteroatoms. The predicted octanol–water partition coefficient (Wildman–Crippen LogP) is 2.73. The summed E-state index contributed by atoms with van der Waals surface area (Å²) in [5, 5.41) is 22.9. The molecule has 168 valence electrons. The van der Waals surface area contributed by atoms with Gasteiger partial charge in [-0.15, -0.1) is 0 Å². The van der Waals surface area contributed by atoms with Crippen LogP contribution in [0.25, 0.3) is 0 Å². The molecule has 0 bridgehead atoms. The lowest BCUT2D eigenvalue weighted by Gasteiger charge is -2.26. The van der Waals surface area contributed by atoms with Crippen LogP contribution in [0.15, 0.2) is 0 Å². The fraction of sp³-hybridized carbons (Fsp3) is 0.950. The van der Waals surface area contributed by atoms with Gasteiger partial charge in [-0.05, 0) is 54.0 Å². The summed E-state index contributed by atoms with van der Waals surface area (Å²) in [6.07, 6.45) is 2.77. The fourth-order valence-corrected chi connectivity index (χ4v) is 4.46. The van der Waals surface area contributed by atoms with E-state index in [-0.39, 0.29) is 17.5 Å². The summed E-state index contributed by atoms with van der Waals surface area (Å²) >= 11 is 0. The summed E-state index contributed by atoms with van der Waals surface area (Å²) < 4.78 is 0. The van der Waals surface area contributed by atoms with Crippen LogP contribution < -0.4 is 21.3 Å². The minimum absolute atomic E-state index is 0.0168. The second-order valence-electron chi connectivity index (χ2n) is 8.23. The van der Waals surface area contributed by atoms with E-state index in [1.54, 1.807) is 10.8 Å². The highest BCUT2D eigenvalue weighted by Gasteiger charge is 2.17. The van der Waals surface area contributed by atoms with E-state index >= 15 is 0 Å². The van der Waals surface area contributed by atoms with Gasteiger partial charge < -0.3 is 21.1 Å². The number of aliphatic hydroxyl groups is 1. The van der Waals surface area contributed by atoms with Gasteiger partial charge >= 0.3 is 0 Å². The first-order chi connectivity index (χ1) is 13.2. The van der Waals surface area contributed by atoms with E-state index in [9.17, 15) is 9.90 Å². The fourth-order valence-electron chi connectivity index (χ4n) is 2.63. The molecule has 0 fully saturated rings. The zero-order chi connectivity index (χ0) is 21.4. The molecule has 0 aromatic heterocycles. The Morgan fingerprint density at radius 3 is 2.32 bits per heavy atom. The molecular weight excluding hydrogens is 392 g/mol. The van der Waals surface area contributed by atoms with Crippen molar-refractivity contribution in [3.63, 3.8) is 0 Å². The van der Waals surface area contributed by atoms with E-state index in [1.165, 1.54) is 0 Å². The van der Waals surface area contributed by atoms with Gasteiger partial charge in [-0.3, -0.25) is 10.1 Å². The molecule has 0 heterocycles. The van der Waals surface area contributed by atoms with Gasteiger partial charge in [0.1, 0.15) is 6.23 Å². The van der Waals surface area contributed by atoms with Gasteiger partial charge in [-0.25, -0.2) is 0 Å². The van der Waals surface area contributed by atoms with Gasteiger partial charge in [0.05, 0.1) is 0 Å². The van der Waals surface area contributed by atoms with Gasteiger partial charge in [0.2, 0.25) is 5.91 Å². The molecule has 2 atom stereocenters. The maximum Gasteiger partial charge on any atom is 0.220 e. The Hall–Kier alpha value is 0.01000. The molecule has 0 aromatic rings. The van der Waals surface area contributed by atoms with Crippen molar-refractivity contribution < 1.29 is 9.90 Å². The molecule has 1 amide bonds. The summed E-state index contributed by atoms with van der Waals surface area (Å²) in [5.74, 6) is 2.06. The molecular formula is C20H44N4O2S2. The van der Waals surface area contributed by atoms with E-state index < -0.39 is 6.23 Å². The monoisotopic (exact) mass is 436 g/mol. The maximum atomic E-state index is 11.9. The van der Waals surface area contributed by atoms with Gasteiger partial charge in [0, 0.05) is 55.1 Å². The van der Waals surface area contributed by atoms with Crippen LogP contribution in [0.2, 0.25) is 0 Å². The first kappa shape index (κ1) is 28.0. The molecule has 0 saturated heterocycles. The third-order valence-corrected chi connectivity index (χ3v) is 6.61. The molecule has 6 nitrogen and oxygen atoms in total. The standard InChI is InChI=1S/C20H44N4O2S2/c1-7-10-23-20(5,6)9-8-18(25)22-12-14-28-27-13-11-21-17(4)15-19(26)24-16(2)3/h16-17,19,21,23-24,26H,7-15H2,1-6H3,(H,22,25). The van der Waals surface area contributed by atoms with Crippen molar-refractivity contribution in [2.45, 2.75) is 91.1 Å². The largest absolute Gasteiger partial charge is 0.379 e. The SMILES string of the molecule is CCCNC(C)(C)CCC(=O)NCCSSCCNC(C)CC(O)NC(C)C. The molecule has 0 aliphatic heterocycles. The minimum atomic E-state index is -0.457. The van der Waals surface area contributed by atoms with Crippen LogP contribution in [0.4, 0.5) is 0 Å². The van der Waals surface area contributed by atoms with Crippen LogP contribution >= 0.6 is 21.6 Å². The molecule has 0 saturated carbocycles. The van der Waals surface area contributed by atoms with Crippen molar-refractivity contribution in [2.24, 2.45) is 0 Å². The number of amides is 1. The van der Waals surface area contributed by atoms with Gasteiger partial charge in [-0.1, -0.05) is 28.5 Å². The second-order valence-corrected chi connectivity index (χ2v) is 10.9. The Kier molecular flexibility index (Phi) is 16.8. The van der Waals surface area contributed by atoms with Crippen molar-refractivity contribution in [1.29, 1.82) is 0 Å². The average molecular weight is 437 g/mol. The Morgan fingerprint density at radius 1 is 1.07 bits per heavy atom. The van der Waals surface area contributed by atoms with Crippen molar-refractivity contribution in [2.75, 3.05) is 31.1 Å². The van der Waals surface area contributed by atoms with Gasteiger partial charge in [0.15, 0.2) is 0 Å². The number of aliphatic hydroxyl groups excluding tert-OH is 1. The zero-order valence-electron chi connectivity index (χ0n) is 18.8. The second kappa shape index (κ2) is 16.8. The Bertz CT molecular complexity index is 398. The molecule has 28 heavy (non-hydrogen) atoms. The molecule has 2 unspecified atom stereocenters. The number of hydrogen-bond acceptors (Lipinski definition) is 7. The zero-order valence-corrected chi connectivity index (χ0v) is 20.4. The topological polar surface area (TPSA) is 85.4 Å². The number of hydrogen-bond donors (Lipinski definition) is 5. The van der Waals surface area contributed by atoms with Gasteiger partial charge in [0.25, 0.3) is 0 Å². The van der Waals surface area contributed by atoms with Crippen molar-refractivity contribution >= 4 is 27.5 Å². The van der Waals surface area contributed by atoms with E-state index in [2.05, 4.69) is 49.0 Å². The van der Waals surface area contributed by atoms with Crippen LogP contribution in [0, 0.1) is 0 Å². The van der Waals surface area contributed by atoms with E-state index in [0.717, 1.165) is 44.0 Å². The van der Waals surface area contributed by atoms with Crippen LogP contribution in [-0.2, 0) is 4.79 Å². The molecule has 0 aliphatic carbocycles. The highest BCUT2D eigenvalue weighted by atomic mass is 33.1. The molecule has 0 rings (SSSR count). The average Bonchev–Trinajstić information content (AvgIpc) is 2.59. The Labute approximate surface area is 180 Å². The normalized spacial score (nSPS) is 14.3.